The molecule has 0 spiro atoms. The first-order valence-corrected chi connectivity index (χ1v) is 12.5. The van der Waals surface area contributed by atoms with Crippen LogP contribution in [0.25, 0.3) is 22.5 Å². The number of hydrogen-bond donors (Lipinski definition) is 0. The molecule has 0 unspecified atom stereocenters. The van der Waals surface area contributed by atoms with Crippen LogP contribution in [0.4, 0.5) is 0 Å². The van der Waals surface area contributed by atoms with Gasteiger partial charge in [-0.05, 0) is 45.8 Å². The van der Waals surface area contributed by atoms with Crippen molar-refractivity contribution in [1.29, 1.82) is 0 Å². The number of benzene rings is 2. The van der Waals surface area contributed by atoms with E-state index in [-0.39, 0.29) is 30.9 Å². The van der Waals surface area contributed by atoms with Crippen LogP contribution in [0.2, 0.25) is 0 Å². The Hall–Kier alpha value is -1.65. The van der Waals surface area contributed by atoms with Crippen molar-refractivity contribution in [3.8, 4) is 22.5 Å². The van der Waals surface area contributed by atoms with Gasteiger partial charge in [-0.3, -0.25) is 0 Å². The third kappa shape index (κ3) is 6.12. The van der Waals surface area contributed by atoms with Gasteiger partial charge >= 0.3 is 0 Å². The molecule has 2 aromatic heterocycles. The molecule has 0 amide bonds. The Morgan fingerprint density at radius 2 is 1.32 bits per heavy atom. The number of hydrogen-bond acceptors (Lipinski definition) is 2. The summed E-state index contributed by atoms with van der Waals surface area (Å²) in [6, 6.07) is 26.3. The standard InChI is InChI=1S/C18H19BrN.C11H7BrN.Ir/c1-17(2)11-18(3,4)15-10-20-16(9-14(15)17)12-6-5-7-13(19)8-12;12-10-5-3-4-9(8-10)11-6-1-2-7-13-11;/h5,7-10H,11H2,1-4H3;1-3,5-8H;/q2*-1;. The van der Waals surface area contributed by atoms with Crippen LogP contribution >= 0.6 is 31.9 Å². The first-order valence-electron chi connectivity index (χ1n) is 10.9. The monoisotopic (exact) mass is 753 g/mol. The summed E-state index contributed by atoms with van der Waals surface area (Å²) in [5, 5.41) is 0. The van der Waals surface area contributed by atoms with Gasteiger partial charge in [-0.2, -0.15) is 0 Å². The fourth-order valence-electron chi connectivity index (χ4n) is 4.69. The van der Waals surface area contributed by atoms with Gasteiger partial charge in [0.25, 0.3) is 0 Å². The summed E-state index contributed by atoms with van der Waals surface area (Å²) in [4.78, 5) is 8.91. The van der Waals surface area contributed by atoms with E-state index in [0.717, 1.165) is 31.5 Å². The van der Waals surface area contributed by atoms with Crippen molar-refractivity contribution in [1.82, 2.24) is 9.97 Å². The predicted molar refractivity (Wildman–Crippen MR) is 143 cm³/mol. The summed E-state index contributed by atoms with van der Waals surface area (Å²) in [6.45, 7) is 9.28. The molecule has 0 aliphatic heterocycles. The van der Waals surface area contributed by atoms with Crippen LogP contribution < -0.4 is 0 Å². The minimum absolute atomic E-state index is 0. The molecule has 2 heterocycles. The van der Waals surface area contributed by atoms with Gasteiger partial charge in [0.05, 0.1) is 0 Å². The maximum absolute atomic E-state index is 4.67. The van der Waals surface area contributed by atoms with E-state index in [4.69, 9.17) is 0 Å². The zero-order valence-electron chi connectivity index (χ0n) is 19.6. The fraction of sp³-hybridized carbons (Fsp3) is 0.241. The molecule has 34 heavy (non-hydrogen) atoms. The molecule has 0 N–H and O–H groups in total. The Morgan fingerprint density at radius 1 is 0.735 bits per heavy atom. The van der Waals surface area contributed by atoms with Crippen molar-refractivity contribution in [2.45, 2.75) is 44.9 Å². The minimum atomic E-state index is 0. The van der Waals surface area contributed by atoms with Gasteiger partial charge in [0.15, 0.2) is 0 Å². The Balaban J connectivity index is 0.000000201. The Labute approximate surface area is 233 Å². The first kappa shape index (κ1) is 26.9. The number of pyridine rings is 2. The second-order valence-electron chi connectivity index (χ2n) is 9.62. The molecule has 1 radical (unpaired) electrons. The molecule has 5 rings (SSSR count). The van der Waals surface area contributed by atoms with Crippen molar-refractivity contribution in [2.75, 3.05) is 0 Å². The molecule has 0 saturated carbocycles. The van der Waals surface area contributed by atoms with Crippen LogP contribution in [0.3, 0.4) is 0 Å². The number of halogens is 2. The van der Waals surface area contributed by atoms with Gasteiger partial charge in [0, 0.05) is 32.5 Å². The van der Waals surface area contributed by atoms with E-state index < -0.39 is 0 Å². The molecule has 2 nitrogen and oxygen atoms in total. The second-order valence-corrected chi connectivity index (χ2v) is 11.4. The van der Waals surface area contributed by atoms with Crippen LogP contribution in [0, 0.1) is 12.1 Å². The van der Waals surface area contributed by atoms with Crippen molar-refractivity contribution < 1.29 is 20.1 Å². The maximum atomic E-state index is 4.67. The van der Waals surface area contributed by atoms with Crippen LogP contribution in [0.1, 0.15) is 45.2 Å². The van der Waals surface area contributed by atoms with E-state index in [1.54, 1.807) is 6.20 Å². The average molecular weight is 755 g/mol. The molecule has 0 bridgehead atoms. The Kier molecular flexibility index (Phi) is 8.68. The second kappa shape index (κ2) is 11.0. The van der Waals surface area contributed by atoms with Crippen LogP contribution in [0.5, 0.6) is 0 Å². The topological polar surface area (TPSA) is 25.8 Å². The molecule has 0 saturated heterocycles. The fourth-order valence-corrected chi connectivity index (χ4v) is 5.41. The zero-order valence-corrected chi connectivity index (χ0v) is 25.2. The van der Waals surface area contributed by atoms with E-state index in [1.807, 2.05) is 48.5 Å². The zero-order chi connectivity index (χ0) is 23.6. The third-order valence-electron chi connectivity index (χ3n) is 5.99. The van der Waals surface area contributed by atoms with Gasteiger partial charge in [0.2, 0.25) is 0 Å². The van der Waals surface area contributed by atoms with Crippen molar-refractivity contribution in [2.24, 2.45) is 0 Å². The number of nitrogens with zero attached hydrogens (tertiary/aromatic N) is 2. The van der Waals surface area contributed by atoms with E-state index in [2.05, 4.69) is 100.0 Å². The average Bonchev–Trinajstić information content (AvgIpc) is 2.98. The van der Waals surface area contributed by atoms with Crippen molar-refractivity contribution >= 4 is 31.9 Å². The quantitative estimate of drug-likeness (QED) is 0.192. The summed E-state index contributed by atoms with van der Waals surface area (Å²) >= 11 is 6.93. The SMILES string of the molecule is Brc1cc[c-]c(-c2ccccn2)c1.CC1(C)CC(C)(C)c2cc(-c3[c-]ccc(Br)c3)ncc21.[Ir]. The summed E-state index contributed by atoms with van der Waals surface area (Å²) in [7, 11) is 0. The van der Waals surface area contributed by atoms with Gasteiger partial charge < -0.3 is 9.97 Å². The van der Waals surface area contributed by atoms with Gasteiger partial charge in [-0.15, -0.1) is 59.7 Å². The molecule has 0 fully saturated rings. The molecule has 0 atom stereocenters. The van der Waals surface area contributed by atoms with Gasteiger partial charge in [-0.25, -0.2) is 0 Å². The van der Waals surface area contributed by atoms with E-state index in [1.165, 1.54) is 17.5 Å². The van der Waals surface area contributed by atoms with E-state index >= 15 is 0 Å². The summed E-state index contributed by atoms with van der Waals surface area (Å²) in [6.07, 6.45) is 5.01. The predicted octanol–water partition coefficient (Wildman–Crippen LogP) is 8.58. The third-order valence-corrected chi connectivity index (χ3v) is 6.98. The van der Waals surface area contributed by atoms with Crippen LogP contribution in [-0.4, -0.2) is 9.97 Å². The molecule has 4 aromatic rings. The maximum Gasteiger partial charge on any atom is 0.0201 e. The molecule has 2 aromatic carbocycles. The van der Waals surface area contributed by atoms with E-state index in [9.17, 15) is 0 Å². The van der Waals surface area contributed by atoms with Crippen molar-refractivity contribution in [3.05, 3.63) is 105 Å². The van der Waals surface area contributed by atoms with E-state index in [0.29, 0.717) is 0 Å². The Morgan fingerprint density at radius 3 is 1.88 bits per heavy atom. The normalized spacial score (nSPS) is 14.9. The molecule has 1 aliphatic carbocycles. The molecule has 1 aliphatic rings. The van der Waals surface area contributed by atoms with Crippen molar-refractivity contribution in [3.63, 3.8) is 0 Å². The summed E-state index contributed by atoms with van der Waals surface area (Å²) in [5.74, 6) is 0. The number of fused-ring (bicyclic) bond motifs is 1. The minimum Gasteiger partial charge on any atom is -0.305 e. The Bertz CT molecular complexity index is 1270. The number of aromatic nitrogens is 2. The molecular weight excluding hydrogens is 728 g/mol. The largest absolute Gasteiger partial charge is 0.305 e. The smallest absolute Gasteiger partial charge is 0.0201 e. The molecular formula is C29H26Br2IrN2-2. The van der Waals surface area contributed by atoms with Gasteiger partial charge in [-0.1, -0.05) is 86.7 Å². The van der Waals surface area contributed by atoms with Gasteiger partial charge in [0.1, 0.15) is 0 Å². The van der Waals surface area contributed by atoms with Crippen LogP contribution in [0.15, 0.2) is 82.0 Å². The summed E-state index contributed by atoms with van der Waals surface area (Å²) in [5.41, 5.74) is 7.26. The molecule has 177 valence electrons. The number of rotatable bonds is 2. The summed E-state index contributed by atoms with van der Waals surface area (Å²) < 4.78 is 2.11. The molecule has 5 heteroatoms. The first-order chi connectivity index (χ1) is 15.7. The van der Waals surface area contributed by atoms with Crippen LogP contribution in [-0.2, 0) is 30.9 Å².